The average Bonchev–Trinajstić information content (AvgIpc) is 4.08. The number of aromatic nitrogens is 2. The van der Waals surface area contributed by atoms with Gasteiger partial charge in [-0.2, -0.15) is 0 Å². The van der Waals surface area contributed by atoms with Crippen molar-refractivity contribution in [1.82, 2.24) is 8.97 Å². The lowest BCUT2D eigenvalue weighted by Crippen LogP contribution is -2.33. The van der Waals surface area contributed by atoms with Crippen LogP contribution in [0.15, 0.2) is 109 Å². The van der Waals surface area contributed by atoms with E-state index in [9.17, 15) is 9.59 Å². The molecule has 2 spiro atoms. The van der Waals surface area contributed by atoms with E-state index in [2.05, 4.69) is 118 Å². The molecule has 0 aliphatic heterocycles. The second-order valence-corrected chi connectivity index (χ2v) is 17.8. The Balaban J connectivity index is 1.13. The molecule has 6 aromatic carbocycles. The van der Waals surface area contributed by atoms with Crippen molar-refractivity contribution in [3.8, 4) is 16.8 Å². The number of rotatable bonds is 2. The number of nitrogens with zero attached hydrogens (tertiary/aromatic N) is 2. The van der Waals surface area contributed by atoms with E-state index in [4.69, 9.17) is 0 Å². The molecular formula is C52H42N2O2. The van der Waals surface area contributed by atoms with E-state index in [0.29, 0.717) is 11.6 Å². The molecule has 4 aliphatic rings. The molecule has 0 radical (unpaired) electrons. The van der Waals surface area contributed by atoms with Crippen molar-refractivity contribution in [2.45, 2.75) is 77.0 Å². The van der Waals surface area contributed by atoms with Gasteiger partial charge in [-0.05, 0) is 134 Å². The Morgan fingerprint density at radius 3 is 1.61 bits per heavy atom. The summed E-state index contributed by atoms with van der Waals surface area (Å²) in [6.07, 6.45) is 12.5. The van der Waals surface area contributed by atoms with E-state index >= 15 is 0 Å². The zero-order chi connectivity index (χ0) is 36.9. The molecule has 0 bridgehead atoms. The Morgan fingerprint density at radius 2 is 1.00 bits per heavy atom. The molecule has 3 heterocycles. The summed E-state index contributed by atoms with van der Waals surface area (Å²) >= 11 is 0. The largest absolute Gasteiger partial charge is 0.309 e. The fourth-order valence-electron chi connectivity index (χ4n) is 12.4. The van der Waals surface area contributed by atoms with Crippen LogP contribution in [0.25, 0.3) is 76.7 Å². The number of hydrogen-bond donors (Lipinski definition) is 0. The van der Waals surface area contributed by atoms with Crippen LogP contribution in [0.2, 0.25) is 0 Å². The van der Waals surface area contributed by atoms with Gasteiger partial charge in [0.05, 0.1) is 27.6 Å². The van der Waals surface area contributed by atoms with Crippen LogP contribution in [0.4, 0.5) is 0 Å². The van der Waals surface area contributed by atoms with Gasteiger partial charge in [-0.1, -0.05) is 74.2 Å². The van der Waals surface area contributed by atoms with E-state index < -0.39 is 0 Å². The molecule has 13 rings (SSSR count). The third-order valence-electron chi connectivity index (χ3n) is 15.2. The van der Waals surface area contributed by atoms with Crippen LogP contribution >= 0.6 is 0 Å². The summed E-state index contributed by atoms with van der Waals surface area (Å²) in [6.45, 7) is 0. The molecule has 0 saturated heterocycles. The zero-order valence-electron chi connectivity index (χ0n) is 31.6. The third-order valence-corrected chi connectivity index (χ3v) is 15.2. The van der Waals surface area contributed by atoms with Crippen LogP contribution in [-0.4, -0.2) is 20.5 Å². The summed E-state index contributed by atoms with van der Waals surface area (Å²) in [4.78, 5) is 28.9. The number of Topliss-reactive ketones (excluding diaryl/α,β-unsaturated/α-hetero) is 2. The molecule has 2 fully saturated rings. The second-order valence-electron chi connectivity index (χ2n) is 17.8. The Hall–Kier alpha value is -5.74. The van der Waals surface area contributed by atoms with Crippen LogP contribution in [0.5, 0.6) is 0 Å². The first kappa shape index (κ1) is 31.5. The SMILES string of the molecule is O=C1c2cc3c(cc2CCC12CCCC2)c1cc(-c2cccc4c2c2ccccc2n4-c2ccccc2)cc2c4cc5c(cc4n3c12)C(=O)C1(CCCC1)CC5. The standard InChI is InChI=1S/C52H42N2O2/c55-49-37-29-45-39(25-31(37)17-23-51(49)19-6-7-20-51)41-27-33(35-14-10-16-44-47(35)36-13-4-5-15-43(36)53(44)34-11-2-1-3-12-34)28-42-40-26-32-18-24-52(21-8-9-22-52)50(56)38(32)30-46(40)54(45)48(41)42/h1-5,10-16,25-30H,6-9,17-24H2. The summed E-state index contributed by atoms with van der Waals surface area (Å²) in [5, 5.41) is 7.35. The van der Waals surface area contributed by atoms with Gasteiger partial charge in [0.2, 0.25) is 0 Å². The zero-order valence-corrected chi connectivity index (χ0v) is 31.6. The van der Waals surface area contributed by atoms with Crippen LogP contribution in [0, 0.1) is 10.8 Å². The number of para-hydroxylation sites is 2. The van der Waals surface area contributed by atoms with E-state index in [0.717, 1.165) is 105 Å². The molecule has 272 valence electrons. The monoisotopic (exact) mass is 726 g/mol. The molecule has 4 heteroatoms. The van der Waals surface area contributed by atoms with Gasteiger partial charge in [0, 0.05) is 60.0 Å². The fourth-order valence-corrected chi connectivity index (χ4v) is 12.4. The maximum Gasteiger partial charge on any atom is 0.169 e. The highest BCUT2D eigenvalue weighted by molar-refractivity contribution is 6.27. The lowest BCUT2D eigenvalue weighted by Gasteiger charge is -2.33. The first-order chi connectivity index (χ1) is 27.5. The van der Waals surface area contributed by atoms with Crippen molar-refractivity contribution in [2.75, 3.05) is 0 Å². The minimum absolute atomic E-state index is 0.188. The van der Waals surface area contributed by atoms with Crippen LogP contribution in [0.3, 0.4) is 0 Å². The fraction of sp³-hybridized carbons (Fsp3) is 0.269. The molecule has 0 atom stereocenters. The van der Waals surface area contributed by atoms with E-state index in [1.165, 1.54) is 71.1 Å². The highest BCUT2D eigenvalue weighted by Crippen LogP contribution is 2.52. The molecule has 56 heavy (non-hydrogen) atoms. The molecule has 4 nitrogen and oxygen atoms in total. The van der Waals surface area contributed by atoms with Crippen LogP contribution in [-0.2, 0) is 12.8 Å². The van der Waals surface area contributed by atoms with Crippen molar-refractivity contribution >= 4 is 71.5 Å². The predicted octanol–water partition coefficient (Wildman–Crippen LogP) is 13.0. The molecule has 3 aromatic heterocycles. The normalized spacial score (nSPS) is 18.9. The molecule has 0 amide bonds. The summed E-state index contributed by atoms with van der Waals surface area (Å²) in [5.41, 5.74) is 13.2. The first-order valence-electron chi connectivity index (χ1n) is 21.0. The van der Waals surface area contributed by atoms with Crippen molar-refractivity contribution < 1.29 is 9.59 Å². The summed E-state index contributed by atoms with van der Waals surface area (Å²) in [6, 6.07) is 40.3. The molecule has 4 aliphatic carbocycles. The molecule has 2 saturated carbocycles. The predicted molar refractivity (Wildman–Crippen MR) is 228 cm³/mol. The van der Waals surface area contributed by atoms with Gasteiger partial charge in [-0.15, -0.1) is 0 Å². The van der Waals surface area contributed by atoms with Gasteiger partial charge in [-0.3, -0.25) is 9.59 Å². The van der Waals surface area contributed by atoms with Gasteiger partial charge >= 0.3 is 0 Å². The number of carbonyl (C=O) groups is 2. The Kier molecular flexibility index (Phi) is 6.16. The van der Waals surface area contributed by atoms with E-state index in [1.54, 1.807) is 0 Å². The van der Waals surface area contributed by atoms with Crippen molar-refractivity contribution in [2.24, 2.45) is 10.8 Å². The average molecular weight is 727 g/mol. The third kappa shape index (κ3) is 3.95. The summed E-state index contributed by atoms with van der Waals surface area (Å²) in [5.74, 6) is 0.723. The van der Waals surface area contributed by atoms with Crippen LogP contribution in [0.1, 0.15) is 96.1 Å². The van der Waals surface area contributed by atoms with E-state index in [1.807, 2.05) is 0 Å². The maximum atomic E-state index is 14.5. The number of fused-ring (bicyclic) bond motifs is 11. The minimum Gasteiger partial charge on any atom is -0.309 e. The van der Waals surface area contributed by atoms with Gasteiger partial charge in [0.15, 0.2) is 11.6 Å². The lowest BCUT2D eigenvalue weighted by atomic mass is 9.69. The maximum absolute atomic E-state index is 14.5. The van der Waals surface area contributed by atoms with Gasteiger partial charge in [0.25, 0.3) is 0 Å². The number of aryl methyl sites for hydroxylation is 2. The lowest BCUT2D eigenvalue weighted by molar-refractivity contribution is 0.0759. The highest BCUT2D eigenvalue weighted by Gasteiger charge is 2.46. The number of benzene rings is 6. The quantitative estimate of drug-likeness (QED) is 0.178. The highest BCUT2D eigenvalue weighted by atomic mass is 16.1. The molecule has 9 aromatic rings. The van der Waals surface area contributed by atoms with E-state index in [-0.39, 0.29) is 10.8 Å². The van der Waals surface area contributed by atoms with Gasteiger partial charge in [-0.25, -0.2) is 0 Å². The smallest absolute Gasteiger partial charge is 0.169 e. The van der Waals surface area contributed by atoms with Crippen LogP contribution < -0.4 is 0 Å². The minimum atomic E-state index is -0.188. The number of carbonyl (C=O) groups excluding carboxylic acids is 2. The first-order valence-corrected chi connectivity index (χ1v) is 21.0. The molecule has 0 N–H and O–H groups in total. The summed E-state index contributed by atoms with van der Waals surface area (Å²) < 4.78 is 4.82. The topological polar surface area (TPSA) is 43.5 Å². The molecule has 0 unspecified atom stereocenters. The number of ketones is 2. The van der Waals surface area contributed by atoms with Gasteiger partial charge < -0.3 is 8.97 Å². The Labute approximate surface area is 325 Å². The van der Waals surface area contributed by atoms with Crippen molar-refractivity contribution in [3.05, 3.63) is 131 Å². The Morgan fingerprint density at radius 1 is 0.446 bits per heavy atom. The summed E-state index contributed by atoms with van der Waals surface area (Å²) in [7, 11) is 0. The van der Waals surface area contributed by atoms with Gasteiger partial charge in [0.1, 0.15) is 0 Å². The van der Waals surface area contributed by atoms with Crippen molar-refractivity contribution in [1.29, 1.82) is 0 Å². The second kappa shape index (κ2) is 11.0. The van der Waals surface area contributed by atoms with Crippen molar-refractivity contribution in [3.63, 3.8) is 0 Å². The molecular weight excluding hydrogens is 685 g/mol. The Bertz CT molecular complexity index is 3050. The number of hydrogen-bond acceptors (Lipinski definition) is 2.